The molecule has 0 radical (unpaired) electrons. The molecule has 7 nitrogen and oxygen atoms in total. The molecule has 0 unspecified atom stereocenters. The Morgan fingerprint density at radius 2 is 1.94 bits per heavy atom. The van der Waals surface area contributed by atoms with Gasteiger partial charge in [0, 0.05) is 6.07 Å². The van der Waals surface area contributed by atoms with Gasteiger partial charge in [0.1, 0.15) is 0 Å². The average Bonchev–Trinajstić information content (AvgIpc) is 2.17. The monoisotopic (exact) mass is 254 g/mol. The normalized spacial score (nSPS) is 10.6. The van der Waals surface area contributed by atoms with E-state index in [0.717, 1.165) is 18.2 Å². The van der Waals surface area contributed by atoms with Crippen molar-refractivity contribution in [1.82, 2.24) is 4.72 Å². The maximum absolute atomic E-state index is 11.3. The number of nitro groups is 1. The van der Waals surface area contributed by atoms with Crippen LogP contribution in [0.3, 0.4) is 0 Å². The summed E-state index contributed by atoms with van der Waals surface area (Å²) in [5.41, 5.74) is -0.758. The summed E-state index contributed by atoms with van der Waals surface area (Å²) in [4.78, 5) is 9.15. The number of sulfonamides is 1. The fourth-order valence-electron chi connectivity index (χ4n) is 0.925. The van der Waals surface area contributed by atoms with Crippen LogP contribution in [-0.4, -0.2) is 20.4 Å². The van der Waals surface area contributed by atoms with E-state index in [1.807, 2.05) is 4.72 Å². The Hall–Kier alpha value is -0.670. The van der Waals surface area contributed by atoms with Crippen LogP contribution in [0.5, 0.6) is 5.75 Å². The average molecular weight is 254 g/mol. The summed E-state index contributed by atoms with van der Waals surface area (Å²) in [7, 11) is -2.59. The van der Waals surface area contributed by atoms with Crippen molar-refractivity contribution >= 4 is 15.7 Å². The second-order valence-electron chi connectivity index (χ2n) is 2.59. The molecule has 0 aliphatic rings. The topological polar surface area (TPSA) is 112 Å². The predicted molar refractivity (Wildman–Crippen MR) is 48.8 cm³/mol. The maximum Gasteiger partial charge on any atom is 1.00 e. The number of benzene rings is 1. The largest absolute Gasteiger partial charge is 1.00 e. The van der Waals surface area contributed by atoms with Crippen molar-refractivity contribution in [2.75, 3.05) is 7.05 Å². The zero-order chi connectivity index (χ0) is 11.6. The quantitative estimate of drug-likeness (QED) is 0.343. The predicted octanol–water partition coefficient (Wildman–Crippen LogP) is -3.42. The summed E-state index contributed by atoms with van der Waals surface area (Å²) in [5, 5.41) is 21.4. The minimum absolute atomic E-state index is 0. The summed E-state index contributed by atoms with van der Waals surface area (Å²) in [5.74, 6) is -0.824. The second kappa shape index (κ2) is 5.60. The summed E-state index contributed by atoms with van der Waals surface area (Å²) in [6, 6.07) is 2.59. The van der Waals surface area contributed by atoms with Crippen LogP contribution in [0.25, 0.3) is 0 Å². The summed E-state index contributed by atoms with van der Waals surface area (Å²) < 4.78 is 24.5. The van der Waals surface area contributed by atoms with Gasteiger partial charge >= 0.3 is 29.6 Å². The molecule has 0 aliphatic carbocycles. The van der Waals surface area contributed by atoms with E-state index < -0.39 is 26.4 Å². The number of rotatable bonds is 3. The van der Waals surface area contributed by atoms with Gasteiger partial charge in [-0.2, -0.15) is 0 Å². The number of nitro benzene ring substituents is 1. The van der Waals surface area contributed by atoms with Crippen molar-refractivity contribution < 1.29 is 48.0 Å². The molecule has 0 atom stereocenters. The van der Waals surface area contributed by atoms with Crippen LogP contribution in [0, 0.1) is 10.1 Å². The van der Waals surface area contributed by atoms with Gasteiger partial charge in [-0.3, -0.25) is 10.1 Å². The Bertz CT molecular complexity index is 501. The minimum Gasteiger partial charge on any atom is -0.868 e. The Kier molecular flexibility index (Phi) is 5.36. The van der Waals surface area contributed by atoms with Crippen molar-refractivity contribution in [2.45, 2.75) is 4.90 Å². The van der Waals surface area contributed by atoms with Crippen molar-refractivity contribution in [1.29, 1.82) is 0 Å². The molecule has 0 amide bonds. The molecule has 1 rings (SSSR count). The van der Waals surface area contributed by atoms with Crippen molar-refractivity contribution in [3.8, 4) is 5.75 Å². The van der Waals surface area contributed by atoms with Gasteiger partial charge in [0.2, 0.25) is 10.0 Å². The van der Waals surface area contributed by atoms with E-state index in [1.165, 1.54) is 7.05 Å². The summed E-state index contributed by atoms with van der Waals surface area (Å²) in [6.07, 6.45) is 0. The summed E-state index contributed by atoms with van der Waals surface area (Å²) in [6.45, 7) is 0. The van der Waals surface area contributed by atoms with Gasteiger partial charge in [0.05, 0.1) is 9.82 Å². The molecule has 0 fully saturated rings. The van der Waals surface area contributed by atoms with Gasteiger partial charge in [-0.05, 0) is 18.9 Å². The van der Waals surface area contributed by atoms with E-state index in [9.17, 15) is 23.6 Å². The number of nitrogens with one attached hydrogen (secondary N) is 1. The van der Waals surface area contributed by atoms with Crippen molar-refractivity contribution in [2.24, 2.45) is 0 Å². The van der Waals surface area contributed by atoms with E-state index in [-0.39, 0.29) is 34.5 Å². The molecule has 0 aliphatic heterocycles. The summed E-state index contributed by atoms with van der Waals surface area (Å²) >= 11 is 0. The van der Waals surface area contributed by atoms with Crippen LogP contribution < -0.4 is 39.4 Å². The standard InChI is InChI=1S/C7H8N2O5S.Na/c1-8-15(13,14)5-2-3-7(10)6(4-5)9(11)12;/h2-4,8,10H,1H3;/q;+1/p-1. The molecule has 0 aromatic heterocycles. The van der Waals surface area contributed by atoms with Gasteiger partial charge in [0.15, 0.2) is 0 Å². The fourth-order valence-corrected chi connectivity index (χ4v) is 1.67. The van der Waals surface area contributed by atoms with Crippen LogP contribution in [0.1, 0.15) is 0 Å². The number of nitrogens with zero attached hydrogens (tertiary/aromatic N) is 1. The van der Waals surface area contributed by atoms with E-state index in [0.29, 0.717) is 0 Å². The van der Waals surface area contributed by atoms with Gasteiger partial charge in [-0.15, -0.1) is 0 Å². The smallest absolute Gasteiger partial charge is 0.868 e. The molecule has 0 heterocycles. The van der Waals surface area contributed by atoms with Crippen LogP contribution in [0.4, 0.5) is 5.69 Å². The van der Waals surface area contributed by atoms with E-state index in [4.69, 9.17) is 0 Å². The molecular weight excluding hydrogens is 247 g/mol. The molecule has 9 heteroatoms. The molecule has 1 N–H and O–H groups in total. The molecule has 0 saturated carbocycles. The van der Waals surface area contributed by atoms with E-state index >= 15 is 0 Å². The molecule has 82 valence electrons. The third-order valence-corrected chi connectivity index (χ3v) is 3.12. The molecule has 0 saturated heterocycles. The Labute approximate surface area is 114 Å². The van der Waals surface area contributed by atoms with Gasteiger partial charge in [-0.25, -0.2) is 13.1 Å². The molecule has 0 spiro atoms. The minimum atomic E-state index is -3.76. The third kappa shape index (κ3) is 3.16. The Morgan fingerprint density at radius 3 is 2.38 bits per heavy atom. The van der Waals surface area contributed by atoms with Crippen LogP contribution in [0.15, 0.2) is 23.1 Å². The zero-order valence-corrected chi connectivity index (χ0v) is 11.4. The molecule has 1 aromatic carbocycles. The van der Waals surface area contributed by atoms with E-state index in [2.05, 4.69) is 0 Å². The van der Waals surface area contributed by atoms with Crippen LogP contribution >= 0.6 is 0 Å². The molecule has 1 aromatic rings. The SMILES string of the molecule is CNS(=O)(=O)c1ccc([O-])c([N+](=O)[O-])c1.[Na+]. The van der Waals surface area contributed by atoms with Gasteiger partial charge in [-0.1, -0.05) is 6.07 Å². The van der Waals surface area contributed by atoms with Crippen molar-refractivity contribution in [3.05, 3.63) is 28.3 Å². The zero-order valence-electron chi connectivity index (χ0n) is 8.63. The molecule has 0 bridgehead atoms. The second-order valence-corrected chi connectivity index (χ2v) is 4.48. The first kappa shape index (κ1) is 15.3. The Balaban J connectivity index is 0.00000225. The van der Waals surface area contributed by atoms with Crippen molar-refractivity contribution in [3.63, 3.8) is 0 Å². The first-order valence-electron chi connectivity index (χ1n) is 3.77. The molecular formula is C7H7N2NaO5S. The van der Waals surface area contributed by atoms with E-state index in [1.54, 1.807) is 0 Å². The Morgan fingerprint density at radius 1 is 1.38 bits per heavy atom. The first-order valence-corrected chi connectivity index (χ1v) is 5.26. The third-order valence-electron chi connectivity index (χ3n) is 1.71. The van der Waals surface area contributed by atoms with Gasteiger partial charge < -0.3 is 5.11 Å². The van der Waals surface area contributed by atoms with Crippen LogP contribution in [0.2, 0.25) is 0 Å². The molecule has 16 heavy (non-hydrogen) atoms. The first-order chi connectivity index (χ1) is 6.88. The van der Waals surface area contributed by atoms with Gasteiger partial charge in [0.25, 0.3) is 5.69 Å². The fraction of sp³-hybridized carbons (Fsp3) is 0.143. The number of hydrogen-bond acceptors (Lipinski definition) is 5. The van der Waals surface area contributed by atoms with Crippen LogP contribution in [-0.2, 0) is 10.0 Å². The number of hydrogen-bond donors (Lipinski definition) is 1. The maximum atomic E-state index is 11.3.